The van der Waals surface area contributed by atoms with Crippen LogP contribution in [0, 0.1) is 6.92 Å². The van der Waals surface area contributed by atoms with Crippen molar-refractivity contribution in [2.75, 3.05) is 12.3 Å². The van der Waals surface area contributed by atoms with Crippen LogP contribution in [-0.4, -0.2) is 31.3 Å². The molecule has 0 fully saturated rings. The number of fused-ring (bicyclic) bond motifs is 2. The van der Waals surface area contributed by atoms with Crippen molar-refractivity contribution in [2.24, 2.45) is 0 Å². The zero-order valence-electron chi connectivity index (χ0n) is 16.0. The van der Waals surface area contributed by atoms with Crippen LogP contribution in [0.25, 0.3) is 22.2 Å². The molecule has 1 aromatic carbocycles. The summed E-state index contributed by atoms with van der Waals surface area (Å²) in [6, 6.07) is 8.11. The molecule has 4 aromatic rings. The quantitative estimate of drug-likeness (QED) is 0.573. The molecule has 0 aliphatic carbocycles. The van der Waals surface area contributed by atoms with Gasteiger partial charge in [0.1, 0.15) is 24.3 Å². The average molecular weight is 388 g/mol. The Labute approximate surface area is 167 Å². The summed E-state index contributed by atoms with van der Waals surface area (Å²) in [4.78, 5) is 13.2. The number of aromatic nitrogens is 5. The van der Waals surface area contributed by atoms with E-state index in [1.165, 1.54) is 6.33 Å². The number of nitrogens with two attached hydrogens (primary N) is 1. The van der Waals surface area contributed by atoms with E-state index in [2.05, 4.69) is 26.1 Å². The zero-order chi connectivity index (χ0) is 19.8. The van der Waals surface area contributed by atoms with Gasteiger partial charge in [0.25, 0.3) is 0 Å². The van der Waals surface area contributed by atoms with Gasteiger partial charge in [-0.2, -0.15) is 5.10 Å². The lowest BCUT2D eigenvalue weighted by Crippen LogP contribution is -2.15. The van der Waals surface area contributed by atoms with Gasteiger partial charge in [-0.3, -0.25) is 4.98 Å². The summed E-state index contributed by atoms with van der Waals surface area (Å²) in [5, 5.41) is 5.01. The van der Waals surface area contributed by atoms with Crippen molar-refractivity contribution in [3.63, 3.8) is 0 Å². The number of hydrogen-bond donors (Lipinski definition) is 1. The first-order valence-corrected chi connectivity index (χ1v) is 9.47. The number of anilines is 1. The van der Waals surface area contributed by atoms with Crippen LogP contribution in [-0.2, 0) is 13.2 Å². The molecule has 8 heteroatoms. The van der Waals surface area contributed by atoms with Gasteiger partial charge in [-0.15, -0.1) is 0 Å². The molecule has 0 atom stereocenters. The molecule has 5 rings (SSSR count). The fraction of sp³-hybridized carbons (Fsp3) is 0.238. The van der Waals surface area contributed by atoms with E-state index < -0.39 is 0 Å². The lowest BCUT2D eigenvalue weighted by Gasteiger charge is -2.16. The number of nitrogens with zero attached hydrogens (tertiary/aromatic N) is 5. The second-order valence-corrected chi connectivity index (χ2v) is 7.01. The summed E-state index contributed by atoms with van der Waals surface area (Å²) in [5.74, 6) is 1.65. The fourth-order valence-corrected chi connectivity index (χ4v) is 3.56. The third-order valence-electron chi connectivity index (χ3n) is 4.95. The molecule has 146 valence electrons. The molecule has 0 amide bonds. The van der Waals surface area contributed by atoms with Gasteiger partial charge >= 0.3 is 0 Å². The largest absolute Gasteiger partial charge is 0.486 e. The maximum Gasteiger partial charge on any atom is 0.218 e. The van der Waals surface area contributed by atoms with Crippen molar-refractivity contribution in [2.45, 2.75) is 26.5 Å². The zero-order valence-corrected chi connectivity index (χ0v) is 16.0. The second kappa shape index (κ2) is 7.05. The number of nitrogen functional groups attached to an aromatic ring is 1. The third kappa shape index (κ3) is 3.12. The molecule has 1 aliphatic rings. The van der Waals surface area contributed by atoms with Crippen LogP contribution in [0.4, 0.5) is 5.82 Å². The fourth-order valence-electron chi connectivity index (χ4n) is 3.56. The van der Waals surface area contributed by atoms with Crippen molar-refractivity contribution < 1.29 is 9.47 Å². The predicted molar refractivity (Wildman–Crippen MR) is 109 cm³/mol. The highest BCUT2D eigenvalue weighted by atomic mass is 16.5. The van der Waals surface area contributed by atoms with Crippen molar-refractivity contribution in [3.8, 4) is 22.9 Å². The van der Waals surface area contributed by atoms with Crippen molar-refractivity contribution in [1.82, 2.24) is 24.7 Å². The summed E-state index contributed by atoms with van der Waals surface area (Å²) < 4.78 is 13.7. The van der Waals surface area contributed by atoms with E-state index in [0.717, 1.165) is 41.2 Å². The molecule has 8 nitrogen and oxygen atoms in total. The van der Waals surface area contributed by atoms with Gasteiger partial charge < -0.3 is 15.2 Å². The lowest BCUT2D eigenvalue weighted by atomic mass is 10.1. The van der Waals surface area contributed by atoms with E-state index in [1.54, 1.807) is 12.4 Å². The standard InChI is InChI=1S/C21H20N6O2/c1-13-4-2-5-14(8-13)18-19-17(20(22)25-12-24-19)16(10-23-18)29-11-15-9-26-27-6-3-7-28-21(15)27/h2,4-5,8-10,12H,3,6-7,11H2,1H3,(H2,22,24,25). The van der Waals surface area contributed by atoms with Crippen LogP contribution < -0.4 is 15.2 Å². The Bertz CT molecular complexity index is 1200. The molecule has 3 aromatic heterocycles. The smallest absolute Gasteiger partial charge is 0.218 e. The topological polar surface area (TPSA) is 101 Å². The molecule has 0 saturated heterocycles. The van der Waals surface area contributed by atoms with Gasteiger partial charge in [0, 0.05) is 18.5 Å². The number of aryl methyl sites for hydroxylation is 2. The minimum atomic E-state index is 0.296. The number of ether oxygens (including phenoxy) is 2. The monoisotopic (exact) mass is 388 g/mol. The summed E-state index contributed by atoms with van der Waals surface area (Å²) in [6.45, 7) is 3.88. The Morgan fingerprint density at radius 3 is 3.03 bits per heavy atom. The summed E-state index contributed by atoms with van der Waals surface area (Å²) in [7, 11) is 0. The van der Waals surface area contributed by atoms with E-state index >= 15 is 0 Å². The molecular formula is C21H20N6O2. The van der Waals surface area contributed by atoms with Gasteiger partial charge in [0.05, 0.1) is 35.6 Å². The molecule has 0 spiro atoms. The van der Waals surface area contributed by atoms with E-state index in [4.69, 9.17) is 15.2 Å². The van der Waals surface area contributed by atoms with Crippen LogP contribution in [0.3, 0.4) is 0 Å². The van der Waals surface area contributed by atoms with E-state index in [9.17, 15) is 0 Å². The van der Waals surface area contributed by atoms with Gasteiger partial charge in [-0.25, -0.2) is 14.6 Å². The Morgan fingerprint density at radius 1 is 1.21 bits per heavy atom. The first-order valence-electron chi connectivity index (χ1n) is 9.47. The Morgan fingerprint density at radius 2 is 2.14 bits per heavy atom. The first-order chi connectivity index (χ1) is 14.2. The Kier molecular flexibility index (Phi) is 4.23. The van der Waals surface area contributed by atoms with Crippen LogP contribution >= 0.6 is 0 Å². The maximum atomic E-state index is 6.19. The lowest BCUT2D eigenvalue weighted by molar-refractivity contribution is 0.220. The van der Waals surface area contributed by atoms with Crippen molar-refractivity contribution >= 4 is 16.7 Å². The van der Waals surface area contributed by atoms with Crippen LogP contribution in [0.15, 0.2) is 43.0 Å². The number of rotatable bonds is 4. The third-order valence-corrected chi connectivity index (χ3v) is 4.95. The van der Waals surface area contributed by atoms with Gasteiger partial charge in [0.2, 0.25) is 5.88 Å². The van der Waals surface area contributed by atoms with Crippen LogP contribution in [0.1, 0.15) is 17.5 Å². The number of pyridine rings is 1. The molecule has 2 N–H and O–H groups in total. The van der Waals surface area contributed by atoms with E-state index in [1.807, 2.05) is 29.8 Å². The molecule has 0 radical (unpaired) electrons. The normalized spacial score (nSPS) is 13.1. The Balaban J connectivity index is 1.53. The van der Waals surface area contributed by atoms with E-state index in [0.29, 0.717) is 35.7 Å². The molecule has 4 heterocycles. The second-order valence-electron chi connectivity index (χ2n) is 7.01. The highest BCUT2D eigenvalue weighted by Crippen LogP contribution is 2.35. The SMILES string of the molecule is Cc1cccc(-c2ncc(OCc3cnn4c3OCCC4)c3c(N)ncnc23)c1. The molecule has 1 aliphatic heterocycles. The van der Waals surface area contributed by atoms with Crippen molar-refractivity contribution in [1.29, 1.82) is 0 Å². The molecule has 0 saturated carbocycles. The van der Waals surface area contributed by atoms with Gasteiger partial charge in [-0.1, -0.05) is 23.8 Å². The average Bonchev–Trinajstić information content (AvgIpc) is 3.15. The number of benzene rings is 1. The molecular weight excluding hydrogens is 368 g/mol. The minimum Gasteiger partial charge on any atom is -0.486 e. The highest BCUT2D eigenvalue weighted by molar-refractivity contribution is 6.00. The Hall–Kier alpha value is -3.68. The summed E-state index contributed by atoms with van der Waals surface area (Å²) >= 11 is 0. The predicted octanol–water partition coefficient (Wildman–Crippen LogP) is 3.14. The van der Waals surface area contributed by atoms with Gasteiger partial charge in [-0.05, 0) is 13.0 Å². The number of hydrogen-bond acceptors (Lipinski definition) is 7. The van der Waals surface area contributed by atoms with E-state index in [-0.39, 0.29) is 0 Å². The van der Waals surface area contributed by atoms with Crippen LogP contribution in [0.5, 0.6) is 11.6 Å². The first kappa shape index (κ1) is 17.4. The highest BCUT2D eigenvalue weighted by Gasteiger charge is 2.19. The van der Waals surface area contributed by atoms with Gasteiger partial charge in [0.15, 0.2) is 5.75 Å². The molecule has 0 unspecified atom stereocenters. The van der Waals surface area contributed by atoms with Crippen molar-refractivity contribution in [3.05, 3.63) is 54.1 Å². The molecule has 29 heavy (non-hydrogen) atoms. The minimum absolute atomic E-state index is 0.296. The summed E-state index contributed by atoms with van der Waals surface area (Å²) in [6.07, 6.45) is 5.86. The van der Waals surface area contributed by atoms with Crippen LogP contribution in [0.2, 0.25) is 0 Å². The summed E-state index contributed by atoms with van der Waals surface area (Å²) in [5.41, 5.74) is 10.6. The maximum absolute atomic E-state index is 6.19. The molecule has 0 bridgehead atoms.